The van der Waals surface area contributed by atoms with Crippen LogP contribution >= 0.6 is 0 Å². The minimum Gasteiger partial charge on any atom is -0.496 e. The summed E-state index contributed by atoms with van der Waals surface area (Å²) in [7, 11) is 3.72. The van der Waals surface area contributed by atoms with Crippen molar-refractivity contribution in [2.45, 2.75) is 19.4 Å². The highest BCUT2D eigenvalue weighted by atomic mass is 16.5. The summed E-state index contributed by atoms with van der Waals surface area (Å²) in [5, 5.41) is 3.39. The molecule has 0 aliphatic heterocycles. The van der Waals surface area contributed by atoms with Crippen molar-refractivity contribution < 1.29 is 4.74 Å². The third-order valence-electron chi connectivity index (χ3n) is 3.41. The van der Waals surface area contributed by atoms with E-state index in [4.69, 9.17) is 4.74 Å². The summed E-state index contributed by atoms with van der Waals surface area (Å²) in [5.41, 5.74) is 3.83. The average Bonchev–Trinajstić information content (AvgIpc) is 2.45. The standard InChI is InChI=1S/C17H21NO/c1-13-7-6-9-14(11-13)16(18-2)12-15-8-4-5-10-17(15)19-3/h4-11,16,18H,12H2,1-3H3. The fourth-order valence-electron chi connectivity index (χ4n) is 2.36. The zero-order chi connectivity index (χ0) is 13.7. The second-order valence-electron chi connectivity index (χ2n) is 4.77. The number of rotatable bonds is 5. The maximum atomic E-state index is 5.42. The fourth-order valence-corrected chi connectivity index (χ4v) is 2.36. The van der Waals surface area contributed by atoms with Gasteiger partial charge in [0.2, 0.25) is 0 Å². The van der Waals surface area contributed by atoms with Crippen molar-refractivity contribution in [1.82, 2.24) is 5.32 Å². The van der Waals surface area contributed by atoms with E-state index in [0.717, 1.165) is 12.2 Å². The number of benzene rings is 2. The number of likely N-dealkylation sites (N-methyl/N-ethyl adjacent to an activating group) is 1. The Bertz CT molecular complexity index is 536. The summed E-state index contributed by atoms with van der Waals surface area (Å²) in [5.74, 6) is 0.954. The lowest BCUT2D eigenvalue weighted by molar-refractivity contribution is 0.406. The molecule has 0 saturated heterocycles. The molecule has 0 amide bonds. The van der Waals surface area contributed by atoms with Crippen LogP contribution in [-0.2, 0) is 6.42 Å². The summed E-state index contributed by atoms with van der Waals surface area (Å²) < 4.78 is 5.42. The van der Waals surface area contributed by atoms with Crippen molar-refractivity contribution in [3.63, 3.8) is 0 Å². The molecule has 2 aromatic carbocycles. The quantitative estimate of drug-likeness (QED) is 0.883. The predicted octanol–water partition coefficient (Wildman–Crippen LogP) is 3.51. The van der Waals surface area contributed by atoms with Crippen LogP contribution in [0.2, 0.25) is 0 Å². The minimum atomic E-state index is 0.302. The molecule has 0 saturated carbocycles. The molecule has 2 rings (SSSR count). The minimum absolute atomic E-state index is 0.302. The number of hydrogen-bond donors (Lipinski definition) is 1. The lowest BCUT2D eigenvalue weighted by atomic mass is 9.97. The number of hydrogen-bond acceptors (Lipinski definition) is 2. The zero-order valence-electron chi connectivity index (χ0n) is 11.8. The second kappa shape index (κ2) is 6.39. The molecule has 1 N–H and O–H groups in total. The van der Waals surface area contributed by atoms with Crippen LogP contribution in [-0.4, -0.2) is 14.2 Å². The van der Waals surface area contributed by atoms with Gasteiger partial charge < -0.3 is 10.1 Å². The molecule has 0 aliphatic carbocycles. The van der Waals surface area contributed by atoms with Crippen LogP contribution in [0.25, 0.3) is 0 Å². The highest BCUT2D eigenvalue weighted by molar-refractivity contribution is 5.35. The number of para-hydroxylation sites is 1. The lowest BCUT2D eigenvalue weighted by Gasteiger charge is -2.18. The van der Waals surface area contributed by atoms with E-state index in [9.17, 15) is 0 Å². The summed E-state index contributed by atoms with van der Waals surface area (Å²) in [6, 6.07) is 17.1. The van der Waals surface area contributed by atoms with Gasteiger partial charge in [-0.2, -0.15) is 0 Å². The molecule has 0 radical (unpaired) electrons. The van der Waals surface area contributed by atoms with Crippen LogP contribution in [0.15, 0.2) is 48.5 Å². The highest BCUT2D eigenvalue weighted by Crippen LogP contribution is 2.25. The number of aryl methyl sites for hydroxylation is 1. The van der Waals surface area contributed by atoms with Gasteiger partial charge in [0.1, 0.15) is 5.75 Å². The predicted molar refractivity (Wildman–Crippen MR) is 79.7 cm³/mol. The van der Waals surface area contributed by atoms with Crippen LogP contribution in [0.3, 0.4) is 0 Å². The van der Waals surface area contributed by atoms with Gasteiger partial charge in [-0.25, -0.2) is 0 Å². The Labute approximate surface area is 115 Å². The Morgan fingerprint density at radius 1 is 1.11 bits per heavy atom. The van der Waals surface area contributed by atoms with Gasteiger partial charge in [0, 0.05) is 6.04 Å². The number of methoxy groups -OCH3 is 1. The van der Waals surface area contributed by atoms with Crippen molar-refractivity contribution in [3.05, 3.63) is 65.2 Å². The average molecular weight is 255 g/mol. The Kier molecular flexibility index (Phi) is 4.58. The van der Waals surface area contributed by atoms with Crippen molar-refractivity contribution in [1.29, 1.82) is 0 Å². The van der Waals surface area contributed by atoms with Crippen molar-refractivity contribution in [2.24, 2.45) is 0 Å². The van der Waals surface area contributed by atoms with E-state index < -0.39 is 0 Å². The molecule has 0 aliphatic rings. The van der Waals surface area contributed by atoms with Gasteiger partial charge in [-0.05, 0) is 37.6 Å². The molecular formula is C17H21NO. The van der Waals surface area contributed by atoms with Crippen LogP contribution in [0, 0.1) is 6.92 Å². The third kappa shape index (κ3) is 3.36. The Morgan fingerprint density at radius 3 is 2.58 bits per heavy atom. The zero-order valence-corrected chi connectivity index (χ0v) is 11.8. The second-order valence-corrected chi connectivity index (χ2v) is 4.77. The van der Waals surface area contributed by atoms with Crippen LogP contribution < -0.4 is 10.1 Å². The summed E-state index contributed by atoms with van der Waals surface area (Å²) in [6.45, 7) is 2.12. The van der Waals surface area contributed by atoms with Gasteiger partial charge >= 0.3 is 0 Å². The third-order valence-corrected chi connectivity index (χ3v) is 3.41. The Balaban J connectivity index is 2.24. The molecule has 0 spiro atoms. The van der Waals surface area contributed by atoms with E-state index in [1.807, 2.05) is 19.2 Å². The molecule has 0 bridgehead atoms. The summed E-state index contributed by atoms with van der Waals surface area (Å²) >= 11 is 0. The monoisotopic (exact) mass is 255 g/mol. The van der Waals surface area contributed by atoms with Gasteiger partial charge in [-0.15, -0.1) is 0 Å². The fraction of sp³-hybridized carbons (Fsp3) is 0.294. The van der Waals surface area contributed by atoms with Gasteiger partial charge in [0.15, 0.2) is 0 Å². The molecule has 0 heterocycles. The maximum Gasteiger partial charge on any atom is 0.122 e. The summed E-state index contributed by atoms with van der Waals surface area (Å²) in [4.78, 5) is 0. The molecule has 0 fully saturated rings. The maximum absolute atomic E-state index is 5.42. The molecule has 0 aromatic heterocycles. The van der Waals surface area contributed by atoms with Gasteiger partial charge in [0.25, 0.3) is 0 Å². The van der Waals surface area contributed by atoms with E-state index in [2.05, 4.69) is 48.6 Å². The molecule has 2 nitrogen and oxygen atoms in total. The van der Waals surface area contributed by atoms with Crippen LogP contribution in [0.4, 0.5) is 0 Å². The van der Waals surface area contributed by atoms with E-state index >= 15 is 0 Å². The number of nitrogens with one attached hydrogen (secondary N) is 1. The molecule has 2 heteroatoms. The van der Waals surface area contributed by atoms with E-state index in [0.29, 0.717) is 6.04 Å². The molecule has 19 heavy (non-hydrogen) atoms. The SMILES string of the molecule is CNC(Cc1ccccc1OC)c1cccc(C)c1. The van der Waals surface area contributed by atoms with E-state index in [-0.39, 0.29) is 0 Å². The molecule has 1 unspecified atom stereocenters. The van der Waals surface area contributed by atoms with Crippen molar-refractivity contribution >= 4 is 0 Å². The normalized spacial score (nSPS) is 12.2. The first-order chi connectivity index (χ1) is 9.24. The first kappa shape index (κ1) is 13.6. The van der Waals surface area contributed by atoms with Crippen molar-refractivity contribution in [2.75, 3.05) is 14.2 Å². The summed E-state index contributed by atoms with van der Waals surface area (Å²) in [6.07, 6.45) is 0.921. The molecule has 1 atom stereocenters. The van der Waals surface area contributed by atoms with E-state index in [1.54, 1.807) is 7.11 Å². The largest absolute Gasteiger partial charge is 0.496 e. The Morgan fingerprint density at radius 2 is 1.89 bits per heavy atom. The number of ether oxygens (including phenoxy) is 1. The smallest absolute Gasteiger partial charge is 0.122 e. The van der Waals surface area contributed by atoms with Crippen molar-refractivity contribution in [3.8, 4) is 5.75 Å². The van der Waals surface area contributed by atoms with Crippen LogP contribution in [0.5, 0.6) is 5.75 Å². The lowest BCUT2D eigenvalue weighted by Crippen LogP contribution is -2.19. The highest BCUT2D eigenvalue weighted by Gasteiger charge is 2.12. The molecular weight excluding hydrogens is 234 g/mol. The van der Waals surface area contributed by atoms with Gasteiger partial charge in [0.05, 0.1) is 7.11 Å². The van der Waals surface area contributed by atoms with Crippen LogP contribution in [0.1, 0.15) is 22.7 Å². The van der Waals surface area contributed by atoms with E-state index in [1.165, 1.54) is 16.7 Å². The first-order valence-corrected chi connectivity index (χ1v) is 6.60. The first-order valence-electron chi connectivity index (χ1n) is 6.60. The molecule has 100 valence electrons. The van der Waals surface area contributed by atoms with Gasteiger partial charge in [-0.1, -0.05) is 48.0 Å². The van der Waals surface area contributed by atoms with Gasteiger partial charge in [-0.3, -0.25) is 0 Å². The Hall–Kier alpha value is -1.80. The molecule has 2 aromatic rings. The topological polar surface area (TPSA) is 21.3 Å².